The van der Waals surface area contributed by atoms with Crippen LogP contribution in [-0.4, -0.2) is 46.9 Å². The molecule has 0 saturated heterocycles. The van der Waals surface area contributed by atoms with Gasteiger partial charge in [0.05, 0.1) is 25.2 Å². The second kappa shape index (κ2) is 46.8. The third-order valence-corrected chi connectivity index (χ3v) is 10.4. The molecule has 0 aliphatic rings. The fraction of sp³-hybridized carbons (Fsp3) is 0.667. The molecule has 60 heavy (non-hydrogen) atoms. The summed E-state index contributed by atoms with van der Waals surface area (Å²) in [4.78, 5) is 26.0. The number of hydrogen-bond acceptors (Lipinski definition) is 5. The molecule has 0 aromatic rings. The molecule has 342 valence electrons. The van der Waals surface area contributed by atoms with Crippen LogP contribution in [0.2, 0.25) is 0 Å². The average Bonchev–Trinajstić information content (AvgIpc) is 3.24. The molecule has 0 heterocycles. The zero-order chi connectivity index (χ0) is 43.8. The Bertz CT molecular complexity index is 1210. The van der Waals surface area contributed by atoms with E-state index in [0.717, 1.165) is 70.6 Å². The van der Waals surface area contributed by atoms with E-state index in [0.29, 0.717) is 19.3 Å². The van der Waals surface area contributed by atoms with Gasteiger partial charge in [-0.1, -0.05) is 201 Å². The van der Waals surface area contributed by atoms with Crippen LogP contribution in [0.1, 0.15) is 207 Å². The number of nitrogens with one attached hydrogen (secondary N) is 1. The number of aliphatic hydroxyl groups excluding tert-OH is 2. The Hall–Kier alpha value is -3.22. The molecule has 3 atom stereocenters. The summed E-state index contributed by atoms with van der Waals surface area (Å²) in [5.74, 6) is -0.654. The highest BCUT2D eigenvalue weighted by molar-refractivity contribution is 5.77. The van der Waals surface area contributed by atoms with E-state index in [4.69, 9.17) is 4.74 Å². The molecule has 0 rings (SSSR count). The van der Waals surface area contributed by atoms with Gasteiger partial charge in [-0.15, -0.1) is 0 Å². The Labute approximate surface area is 369 Å². The van der Waals surface area contributed by atoms with Crippen molar-refractivity contribution in [1.82, 2.24) is 5.32 Å². The van der Waals surface area contributed by atoms with Crippen LogP contribution in [0.4, 0.5) is 0 Å². The van der Waals surface area contributed by atoms with Crippen LogP contribution in [0.3, 0.4) is 0 Å². The fourth-order valence-electron chi connectivity index (χ4n) is 6.64. The molecule has 0 radical (unpaired) electrons. The lowest BCUT2D eigenvalue weighted by molar-refractivity contribution is -0.150. The topological polar surface area (TPSA) is 95.9 Å². The molecule has 0 aliphatic heterocycles. The number of allylic oxidation sites excluding steroid dienone is 15. The minimum Gasteiger partial charge on any atom is -0.461 e. The molecule has 1 amide bonds. The number of ether oxygens (including phenoxy) is 1. The summed E-state index contributed by atoms with van der Waals surface area (Å²) in [6.07, 6.45) is 62.0. The van der Waals surface area contributed by atoms with Gasteiger partial charge < -0.3 is 20.3 Å². The molecule has 0 aliphatic carbocycles. The molecule has 0 saturated carbocycles. The first-order valence-corrected chi connectivity index (χ1v) is 24.5. The van der Waals surface area contributed by atoms with Crippen LogP contribution in [-0.2, 0) is 14.3 Å². The third-order valence-electron chi connectivity index (χ3n) is 10.4. The smallest absolute Gasteiger partial charge is 0.306 e. The van der Waals surface area contributed by atoms with Gasteiger partial charge in [0.1, 0.15) is 6.10 Å². The number of carbonyl (C=O) groups is 2. The summed E-state index contributed by atoms with van der Waals surface area (Å²) >= 11 is 0. The van der Waals surface area contributed by atoms with E-state index in [1.54, 1.807) is 0 Å². The van der Waals surface area contributed by atoms with Gasteiger partial charge in [-0.2, -0.15) is 0 Å². The minimum atomic E-state index is -0.823. The van der Waals surface area contributed by atoms with Crippen LogP contribution in [0.25, 0.3) is 0 Å². The van der Waals surface area contributed by atoms with Gasteiger partial charge in [0.25, 0.3) is 0 Å². The van der Waals surface area contributed by atoms with Crippen LogP contribution >= 0.6 is 0 Å². The quantitative estimate of drug-likeness (QED) is 0.0323. The Kier molecular flexibility index (Phi) is 44.3. The largest absolute Gasteiger partial charge is 0.461 e. The van der Waals surface area contributed by atoms with Crippen molar-refractivity contribution >= 4 is 11.9 Å². The van der Waals surface area contributed by atoms with E-state index in [9.17, 15) is 19.8 Å². The first-order chi connectivity index (χ1) is 29.5. The van der Waals surface area contributed by atoms with Crippen molar-refractivity contribution in [3.05, 3.63) is 97.2 Å². The summed E-state index contributed by atoms with van der Waals surface area (Å²) in [5, 5.41) is 23.6. The van der Waals surface area contributed by atoms with Gasteiger partial charge in [0.2, 0.25) is 5.91 Å². The molecule has 3 N–H and O–H groups in total. The first kappa shape index (κ1) is 56.8. The molecule has 6 heteroatoms. The Morgan fingerprint density at radius 3 is 1.33 bits per heavy atom. The van der Waals surface area contributed by atoms with E-state index in [1.165, 1.54) is 83.5 Å². The zero-order valence-corrected chi connectivity index (χ0v) is 38.8. The van der Waals surface area contributed by atoms with E-state index in [-0.39, 0.29) is 31.3 Å². The fourth-order valence-corrected chi connectivity index (χ4v) is 6.64. The van der Waals surface area contributed by atoms with Crippen LogP contribution in [0.5, 0.6) is 0 Å². The summed E-state index contributed by atoms with van der Waals surface area (Å²) in [5.41, 5.74) is 0. The standard InChI is InChI=1S/C54H91NO5/c1-4-7-10-13-16-19-21-23-25-26-28-30-32-35-38-41-44-47-54(59)60-50(45-42-39-36-34-31-29-27-24-22-20-17-14-11-8-5-2)48-53(58)55-51(49-56)52(57)46-43-40-37-33-18-15-12-9-6-3/h16-17,19-20,23-25,27-28,30-31,34-35,38-39,42,50-52,56-57H,4-15,18,21-22,26,29,32-33,36-37,40-41,43-49H2,1-3H3,(H,55,58)/b19-16-,20-17-,25-23-,27-24-,30-28-,34-31-,38-35-,42-39-. The van der Waals surface area contributed by atoms with Crippen molar-refractivity contribution in [2.24, 2.45) is 0 Å². The van der Waals surface area contributed by atoms with Gasteiger partial charge in [-0.3, -0.25) is 9.59 Å². The summed E-state index contributed by atoms with van der Waals surface area (Å²) in [7, 11) is 0. The number of hydrogen-bond donors (Lipinski definition) is 3. The van der Waals surface area contributed by atoms with Crippen molar-refractivity contribution in [1.29, 1.82) is 0 Å². The molecule has 0 aromatic carbocycles. The number of rotatable bonds is 42. The Morgan fingerprint density at radius 2 is 0.883 bits per heavy atom. The summed E-state index contributed by atoms with van der Waals surface area (Å²) in [6.45, 7) is 6.35. The molecule has 0 fully saturated rings. The van der Waals surface area contributed by atoms with Gasteiger partial charge in [0, 0.05) is 12.8 Å². The maximum Gasteiger partial charge on any atom is 0.306 e. The average molecular weight is 834 g/mol. The van der Waals surface area contributed by atoms with E-state index >= 15 is 0 Å². The highest BCUT2D eigenvalue weighted by Gasteiger charge is 2.23. The van der Waals surface area contributed by atoms with Crippen LogP contribution < -0.4 is 5.32 Å². The molecule has 3 unspecified atom stereocenters. The van der Waals surface area contributed by atoms with Gasteiger partial charge in [0.15, 0.2) is 0 Å². The first-order valence-electron chi connectivity index (χ1n) is 24.5. The van der Waals surface area contributed by atoms with E-state index in [1.807, 2.05) is 12.2 Å². The second-order valence-corrected chi connectivity index (χ2v) is 16.2. The van der Waals surface area contributed by atoms with Crippen molar-refractivity contribution in [2.45, 2.75) is 225 Å². The lowest BCUT2D eigenvalue weighted by atomic mass is 10.0. The van der Waals surface area contributed by atoms with Gasteiger partial charge in [-0.05, 0) is 83.5 Å². The Morgan fingerprint density at radius 1 is 0.500 bits per heavy atom. The predicted molar refractivity (Wildman–Crippen MR) is 259 cm³/mol. The van der Waals surface area contributed by atoms with Gasteiger partial charge in [-0.25, -0.2) is 0 Å². The maximum atomic E-state index is 13.1. The monoisotopic (exact) mass is 834 g/mol. The number of esters is 1. The van der Waals surface area contributed by atoms with Gasteiger partial charge >= 0.3 is 5.97 Å². The van der Waals surface area contributed by atoms with Crippen LogP contribution in [0.15, 0.2) is 97.2 Å². The minimum absolute atomic E-state index is 0.0256. The SMILES string of the molecule is CCCCC/C=C\C/C=C\C/C=C\C/C=C\CCCC(=O)OC(C/C=C\C/C=C\C/C=C\C/C=C\CCCCC)CC(=O)NC(CO)C(O)CCCCCCCCCCC. The lowest BCUT2D eigenvalue weighted by Crippen LogP contribution is -2.46. The van der Waals surface area contributed by atoms with E-state index < -0.39 is 18.2 Å². The maximum absolute atomic E-state index is 13.1. The highest BCUT2D eigenvalue weighted by atomic mass is 16.5. The summed E-state index contributed by atoms with van der Waals surface area (Å²) < 4.78 is 5.82. The van der Waals surface area contributed by atoms with Crippen molar-refractivity contribution < 1.29 is 24.5 Å². The third kappa shape index (κ3) is 41.5. The summed E-state index contributed by atoms with van der Waals surface area (Å²) in [6, 6.07) is -0.745. The number of carbonyl (C=O) groups excluding carboxylic acids is 2. The number of amides is 1. The predicted octanol–water partition coefficient (Wildman–Crippen LogP) is 14.6. The normalized spacial score (nSPS) is 14.2. The van der Waals surface area contributed by atoms with E-state index in [2.05, 4.69) is 111 Å². The van der Waals surface area contributed by atoms with Crippen molar-refractivity contribution in [3.63, 3.8) is 0 Å². The lowest BCUT2D eigenvalue weighted by Gasteiger charge is -2.24. The zero-order valence-electron chi connectivity index (χ0n) is 38.8. The number of unbranched alkanes of at least 4 members (excludes halogenated alkanes) is 15. The molecule has 0 bridgehead atoms. The van der Waals surface area contributed by atoms with Crippen molar-refractivity contribution in [3.8, 4) is 0 Å². The highest BCUT2D eigenvalue weighted by Crippen LogP contribution is 2.14. The second-order valence-electron chi connectivity index (χ2n) is 16.2. The molecule has 0 spiro atoms. The van der Waals surface area contributed by atoms with Crippen molar-refractivity contribution in [2.75, 3.05) is 6.61 Å². The molecular formula is C54H91NO5. The molecule has 0 aromatic heterocycles. The molecule has 6 nitrogen and oxygen atoms in total. The van der Waals surface area contributed by atoms with Crippen LogP contribution in [0, 0.1) is 0 Å². The number of aliphatic hydroxyl groups is 2. The molecular weight excluding hydrogens is 743 g/mol. The Balaban J connectivity index is 4.84.